The highest BCUT2D eigenvalue weighted by molar-refractivity contribution is 5.80. The minimum Gasteiger partial charge on any atom is -0.340 e. The zero-order valence-electron chi connectivity index (χ0n) is 10.8. The molecule has 0 aliphatic carbocycles. The lowest BCUT2D eigenvalue weighted by Gasteiger charge is -2.30. The number of carbonyl (C=O) groups excluding carboxylic acids is 2. The van der Waals surface area contributed by atoms with E-state index in [4.69, 9.17) is 0 Å². The maximum atomic E-state index is 12.0. The van der Waals surface area contributed by atoms with Gasteiger partial charge in [-0.2, -0.15) is 0 Å². The SMILES string of the molecule is CC(CNC(=O)N(C)C)C(=O)N1CCNCC1. The second-order valence-electron chi connectivity index (χ2n) is 4.56. The number of nitrogens with one attached hydrogen (secondary N) is 2. The Kier molecular flexibility index (Phi) is 5.21. The van der Waals surface area contributed by atoms with Crippen molar-refractivity contribution >= 4 is 11.9 Å². The van der Waals surface area contributed by atoms with Crippen molar-refractivity contribution in [2.45, 2.75) is 6.92 Å². The van der Waals surface area contributed by atoms with Crippen LogP contribution in [0.5, 0.6) is 0 Å². The average molecular weight is 242 g/mol. The fourth-order valence-corrected chi connectivity index (χ4v) is 1.68. The van der Waals surface area contributed by atoms with Gasteiger partial charge < -0.3 is 20.4 Å². The molecule has 0 radical (unpaired) electrons. The standard InChI is InChI=1S/C11H22N4O2/c1-9(8-13-11(17)14(2)3)10(16)15-6-4-12-5-7-15/h9,12H,4-8H2,1-3H3,(H,13,17). The third-order valence-corrected chi connectivity index (χ3v) is 2.82. The first-order valence-corrected chi connectivity index (χ1v) is 5.97. The Hall–Kier alpha value is -1.30. The third-order valence-electron chi connectivity index (χ3n) is 2.82. The van der Waals surface area contributed by atoms with Gasteiger partial charge in [-0.05, 0) is 0 Å². The molecule has 98 valence electrons. The summed E-state index contributed by atoms with van der Waals surface area (Å²) in [5.41, 5.74) is 0. The summed E-state index contributed by atoms with van der Waals surface area (Å²) in [5, 5.41) is 5.93. The first-order valence-electron chi connectivity index (χ1n) is 5.97. The topological polar surface area (TPSA) is 64.7 Å². The number of nitrogens with zero attached hydrogens (tertiary/aromatic N) is 2. The average Bonchev–Trinajstić information content (AvgIpc) is 2.35. The van der Waals surface area contributed by atoms with Gasteiger partial charge >= 0.3 is 6.03 Å². The lowest BCUT2D eigenvalue weighted by atomic mass is 10.1. The zero-order valence-corrected chi connectivity index (χ0v) is 10.8. The molecule has 6 nitrogen and oxygen atoms in total. The Morgan fingerprint density at radius 3 is 2.47 bits per heavy atom. The van der Waals surface area contributed by atoms with E-state index in [2.05, 4.69) is 10.6 Å². The molecule has 0 aromatic rings. The minimum absolute atomic E-state index is 0.116. The van der Waals surface area contributed by atoms with E-state index >= 15 is 0 Å². The second-order valence-corrected chi connectivity index (χ2v) is 4.56. The fourth-order valence-electron chi connectivity index (χ4n) is 1.68. The lowest BCUT2D eigenvalue weighted by molar-refractivity contribution is -0.135. The number of urea groups is 1. The number of rotatable bonds is 3. The molecule has 1 atom stereocenters. The van der Waals surface area contributed by atoms with Crippen molar-refractivity contribution in [2.75, 3.05) is 46.8 Å². The molecule has 1 aliphatic rings. The maximum absolute atomic E-state index is 12.0. The molecular weight excluding hydrogens is 220 g/mol. The molecule has 3 amide bonds. The highest BCUT2D eigenvalue weighted by Crippen LogP contribution is 2.03. The van der Waals surface area contributed by atoms with Crippen molar-refractivity contribution in [2.24, 2.45) is 5.92 Å². The smallest absolute Gasteiger partial charge is 0.316 e. The number of hydrogen-bond acceptors (Lipinski definition) is 3. The molecule has 0 saturated carbocycles. The van der Waals surface area contributed by atoms with E-state index in [9.17, 15) is 9.59 Å². The van der Waals surface area contributed by atoms with Gasteiger partial charge in [0.15, 0.2) is 0 Å². The van der Waals surface area contributed by atoms with Gasteiger partial charge in [-0.25, -0.2) is 4.79 Å². The predicted octanol–water partition coefficient (Wildman–Crippen LogP) is -0.674. The number of amides is 3. The zero-order chi connectivity index (χ0) is 12.8. The summed E-state index contributed by atoms with van der Waals surface area (Å²) >= 11 is 0. The van der Waals surface area contributed by atoms with Crippen LogP contribution in [-0.2, 0) is 4.79 Å². The molecule has 0 aromatic heterocycles. The van der Waals surface area contributed by atoms with Crippen LogP contribution < -0.4 is 10.6 Å². The molecule has 0 spiro atoms. The summed E-state index contributed by atoms with van der Waals surface area (Å²) in [6, 6.07) is -0.162. The normalized spacial score (nSPS) is 17.5. The molecule has 0 bridgehead atoms. The van der Waals surface area contributed by atoms with E-state index in [0.717, 1.165) is 26.2 Å². The van der Waals surface area contributed by atoms with Gasteiger partial charge in [-0.3, -0.25) is 4.79 Å². The van der Waals surface area contributed by atoms with Gasteiger partial charge in [0.05, 0.1) is 5.92 Å². The van der Waals surface area contributed by atoms with E-state index in [1.54, 1.807) is 14.1 Å². The van der Waals surface area contributed by atoms with Crippen molar-refractivity contribution in [3.8, 4) is 0 Å². The Balaban J connectivity index is 2.33. The Labute approximate surface area is 102 Å². The van der Waals surface area contributed by atoms with Gasteiger partial charge in [0.2, 0.25) is 5.91 Å². The highest BCUT2D eigenvalue weighted by Gasteiger charge is 2.22. The number of piperazine rings is 1. The summed E-state index contributed by atoms with van der Waals surface area (Å²) in [4.78, 5) is 26.7. The molecule has 1 fully saturated rings. The largest absolute Gasteiger partial charge is 0.340 e. The van der Waals surface area contributed by atoms with Gasteiger partial charge in [0, 0.05) is 46.8 Å². The summed E-state index contributed by atoms with van der Waals surface area (Å²) in [6.45, 7) is 5.45. The van der Waals surface area contributed by atoms with Gasteiger partial charge in [-0.1, -0.05) is 6.92 Å². The molecule has 0 aromatic carbocycles. The molecule has 1 rings (SSSR count). The minimum atomic E-state index is -0.169. The van der Waals surface area contributed by atoms with Crippen LogP contribution in [0.25, 0.3) is 0 Å². The molecule has 2 N–H and O–H groups in total. The van der Waals surface area contributed by atoms with E-state index in [0.29, 0.717) is 6.54 Å². The Bertz CT molecular complexity index is 275. The van der Waals surface area contributed by atoms with Crippen LogP contribution in [0.15, 0.2) is 0 Å². The Morgan fingerprint density at radius 2 is 1.94 bits per heavy atom. The molecule has 6 heteroatoms. The molecular formula is C11H22N4O2. The summed E-state index contributed by atoms with van der Waals surface area (Å²) in [5.74, 6) is -0.0532. The molecule has 1 aliphatic heterocycles. The van der Waals surface area contributed by atoms with Gasteiger partial charge in [-0.15, -0.1) is 0 Å². The van der Waals surface area contributed by atoms with Crippen LogP contribution in [0.2, 0.25) is 0 Å². The summed E-state index contributed by atoms with van der Waals surface area (Å²) in [6.07, 6.45) is 0. The highest BCUT2D eigenvalue weighted by atomic mass is 16.2. The third kappa shape index (κ3) is 4.22. The van der Waals surface area contributed by atoms with Crippen LogP contribution in [-0.4, -0.2) is 68.6 Å². The van der Waals surface area contributed by atoms with Gasteiger partial charge in [0.1, 0.15) is 0 Å². The van der Waals surface area contributed by atoms with Crippen LogP contribution in [0.4, 0.5) is 4.79 Å². The van der Waals surface area contributed by atoms with E-state index in [1.807, 2.05) is 11.8 Å². The van der Waals surface area contributed by atoms with Crippen LogP contribution in [0.3, 0.4) is 0 Å². The summed E-state index contributed by atoms with van der Waals surface area (Å²) in [7, 11) is 3.36. The van der Waals surface area contributed by atoms with Crippen LogP contribution in [0, 0.1) is 5.92 Å². The first kappa shape index (κ1) is 13.8. The monoisotopic (exact) mass is 242 g/mol. The lowest BCUT2D eigenvalue weighted by Crippen LogP contribution is -2.50. The van der Waals surface area contributed by atoms with Crippen molar-refractivity contribution in [3.05, 3.63) is 0 Å². The van der Waals surface area contributed by atoms with Crippen LogP contribution in [0.1, 0.15) is 6.92 Å². The maximum Gasteiger partial charge on any atom is 0.316 e. The van der Waals surface area contributed by atoms with E-state index in [-0.39, 0.29) is 17.9 Å². The fraction of sp³-hybridized carbons (Fsp3) is 0.818. The molecule has 1 unspecified atom stereocenters. The molecule has 1 saturated heterocycles. The second kappa shape index (κ2) is 6.44. The molecule has 17 heavy (non-hydrogen) atoms. The molecule has 1 heterocycles. The predicted molar refractivity (Wildman–Crippen MR) is 65.7 cm³/mol. The van der Waals surface area contributed by atoms with Crippen LogP contribution >= 0.6 is 0 Å². The number of carbonyl (C=O) groups is 2. The van der Waals surface area contributed by atoms with Crippen molar-refractivity contribution < 1.29 is 9.59 Å². The summed E-state index contributed by atoms with van der Waals surface area (Å²) < 4.78 is 0. The van der Waals surface area contributed by atoms with E-state index in [1.165, 1.54) is 4.90 Å². The Morgan fingerprint density at radius 1 is 1.35 bits per heavy atom. The van der Waals surface area contributed by atoms with Gasteiger partial charge in [0.25, 0.3) is 0 Å². The van der Waals surface area contributed by atoms with E-state index < -0.39 is 0 Å². The van der Waals surface area contributed by atoms with Crippen molar-refractivity contribution in [3.63, 3.8) is 0 Å². The first-order chi connectivity index (χ1) is 8.02. The number of hydrogen-bond donors (Lipinski definition) is 2. The van der Waals surface area contributed by atoms with Crippen molar-refractivity contribution in [1.82, 2.24) is 20.4 Å². The quantitative estimate of drug-likeness (QED) is 0.689. The van der Waals surface area contributed by atoms with Crippen molar-refractivity contribution in [1.29, 1.82) is 0 Å².